The van der Waals surface area contributed by atoms with Gasteiger partial charge in [-0.25, -0.2) is 0 Å². The molecule has 5 nitrogen and oxygen atoms in total. The molecule has 0 bridgehead atoms. The van der Waals surface area contributed by atoms with E-state index in [0.29, 0.717) is 23.7 Å². The molecule has 36 heavy (non-hydrogen) atoms. The number of ether oxygens (including phenoxy) is 1. The minimum absolute atomic E-state index is 0.0963. The van der Waals surface area contributed by atoms with Gasteiger partial charge in [-0.15, -0.1) is 11.8 Å². The summed E-state index contributed by atoms with van der Waals surface area (Å²) >= 11 is 7.98. The lowest BCUT2D eigenvalue weighted by Crippen LogP contribution is -2.51. The average Bonchev–Trinajstić information content (AvgIpc) is 2.91. The van der Waals surface area contributed by atoms with E-state index in [-0.39, 0.29) is 24.1 Å². The number of rotatable bonds is 13. The van der Waals surface area contributed by atoms with E-state index in [4.69, 9.17) is 16.3 Å². The van der Waals surface area contributed by atoms with Crippen LogP contribution in [0.25, 0.3) is 0 Å². The number of amides is 2. The number of hydrogen-bond donors (Lipinski definition) is 1. The highest BCUT2D eigenvalue weighted by molar-refractivity contribution is 7.99. The van der Waals surface area contributed by atoms with E-state index in [1.807, 2.05) is 79.7 Å². The number of benzene rings is 3. The molecule has 3 aromatic rings. The number of nitrogens with zero attached hydrogens (tertiary/aromatic N) is 1. The van der Waals surface area contributed by atoms with Crippen LogP contribution in [0.1, 0.15) is 30.0 Å². The summed E-state index contributed by atoms with van der Waals surface area (Å²) in [5.41, 5.74) is 2.92. The van der Waals surface area contributed by atoms with Crippen molar-refractivity contribution in [2.45, 2.75) is 38.1 Å². The van der Waals surface area contributed by atoms with Crippen molar-refractivity contribution < 1.29 is 14.3 Å². The molecule has 7 heteroatoms. The molecule has 0 spiro atoms. The van der Waals surface area contributed by atoms with Crippen LogP contribution < -0.4 is 10.1 Å². The van der Waals surface area contributed by atoms with Crippen LogP contribution in [0.5, 0.6) is 5.75 Å². The quantitative estimate of drug-likeness (QED) is 0.309. The predicted octanol–water partition coefficient (Wildman–Crippen LogP) is 5.75. The van der Waals surface area contributed by atoms with E-state index in [1.54, 1.807) is 18.1 Å². The van der Waals surface area contributed by atoms with Gasteiger partial charge in [-0.1, -0.05) is 79.2 Å². The Bertz CT molecular complexity index is 1110. The third-order valence-electron chi connectivity index (χ3n) is 5.77. The molecule has 0 saturated heterocycles. The Morgan fingerprint density at radius 3 is 2.33 bits per heavy atom. The summed E-state index contributed by atoms with van der Waals surface area (Å²) in [5.74, 6) is 1.49. The van der Waals surface area contributed by atoms with E-state index in [1.165, 1.54) is 11.8 Å². The van der Waals surface area contributed by atoms with Crippen LogP contribution in [-0.4, -0.2) is 42.2 Å². The van der Waals surface area contributed by atoms with Crippen LogP contribution in [0, 0.1) is 0 Å². The number of nitrogens with one attached hydrogen (secondary N) is 1. The average molecular weight is 525 g/mol. The van der Waals surface area contributed by atoms with Crippen molar-refractivity contribution in [3.8, 4) is 5.75 Å². The van der Waals surface area contributed by atoms with Gasteiger partial charge in [-0.2, -0.15) is 0 Å². The molecule has 0 heterocycles. The summed E-state index contributed by atoms with van der Waals surface area (Å²) in [6.07, 6.45) is 1.25. The third-order valence-corrected chi connectivity index (χ3v) is 7.13. The largest absolute Gasteiger partial charge is 0.497 e. The Balaban J connectivity index is 1.82. The Hall–Kier alpha value is -2.96. The molecule has 1 unspecified atom stereocenters. The van der Waals surface area contributed by atoms with E-state index in [9.17, 15) is 9.59 Å². The second kappa shape index (κ2) is 14.6. The summed E-state index contributed by atoms with van der Waals surface area (Å²) in [4.78, 5) is 28.6. The van der Waals surface area contributed by atoms with Gasteiger partial charge in [0, 0.05) is 30.3 Å². The topological polar surface area (TPSA) is 58.6 Å². The standard InChI is InChI=1S/C29H33ClN2O3S/c1-3-17-31-29(34)27(18-22-9-5-4-6-10-22)32(19-24-11-7-8-12-26(24)30)28(33)21-36-20-23-13-15-25(35-2)16-14-23/h4-16,27H,3,17-21H2,1-2H3,(H,31,34). The number of carbonyl (C=O) groups excluding carboxylic acids is 2. The Kier molecular flexibility index (Phi) is 11.2. The van der Waals surface area contributed by atoms with Gasteiger partial charge in [-0.05, 0) is 41.3 Å². The summed E-state index contributed by atoms with van der Waals surface area (Å²) in [6.45, 7) is 2.83. The Morgan fingerprint density at radius 1 is 0.972 bits per heavy atom. The van der Waals surface area contributed by atoms with Gasteiger partial charge in [-0.3, -0.25) is 9.59 Å². The van der Waals surface area contributed by atoms with Gasteiger partial charge in [0.1, 0.15) is 11.8 Å². The van der Waals surface area contributed by atoms with E-state index >= 15 is 0 Å². The van der Waals surface area contributed by atoms with E-state index in [2.05, 4.69) is 5.32 Å². The number of halogens is 1. The maximum atomic E-state index is 13.6. The van der Waals surface area contributed by atoms with Crippen molar-refractivity contribution >= 4 is 35.2 Å². The first-order valence-corrected chi connectivity index (χ1v) is 13.6. The maximum Gasteiger partial charge on any atom is 0.243 e. The number of carbonyl (C=O) groups is 2. The molecule has 190 valence electrons. The van der Waals surface area contributed by atoms with Gasteiger partial charge >= 0.3 is 0 Å². The van der Waals surface area contributed by atoms with Crippen molar-refractivity contribution in [2.24, 2.45) is 0 Å². The van der Waals surface area contributed by atoms with E-state index < -0.39 is 6.04 Å². The van der Waals surface area contributed by atoms with Crippen LogP contribution >= 0.6 is 23.4 Å². The maximum absolute atomic E-state index is 13.6. The van der Waals surface area contributed by atoms with Crippen molar-refractivity contribution in [3.05, 3.63) is 101 Å². The first-order valence-electron chi connectivity index (χ1n) is 12.1. The predicted molar refractivity (Wildman–Crippen MR) is 148 cm³/mol. The lowest BCUT2D eigenvalue weighted by Gasteiger charge is -2.31. The fourth-order valence-electron chi connectivity index (χ4n) is 3.79. The lowest BCUT2D eigenvalue weighted by molar-refractivity contribution is -0.139. The molecule has 0 aliphatic rings. The molecule has 1 N–H and O–H groups in total. The van der Waals surface area contributed by atoms with Gasteiger partial charge in [0.15, 0.2) is 0 Å². The second-order valence-electron chi connectivity index (χ2n) is 8.45. The SMILES string of the molecule is CCCNC(=O)C(Cc1ccccc1)N(Cc1ccccc1Cl)C(=O)CSCc1ccc(OC)cc1. The van der Waals surface area contributed by atoms with Crippen molar-refractivity contribution in [1.82, 2.24) is 10.2 Å². The number of hydrogen-bond acceptors (Lipinski definition) is 4. The van der Waals surface area contributed by atoms with Crippen molar-refractivity contribution in [1.29, 1.82) is 0 Å². The van der Waals surface area contributed by atoms with Gasteiger partial charge in [0.2, 0.25) is 11.8 Å². The molecule has 0 aromatic heterocycles. The lowest BCUT2D eigenvalue weighted by atomic mass is 10.0. The van der Waals surface area contributed by atoms with Crippen LogP contribution in [0.2, 0.25) is 5.02 Å². The minimum Gasteiger partial charge on any atom is -0.497 e. The Morgan fingerprint density at radius 2 is 1.67 bits per heavy atom. The minimum atomic E-state index is -0.649. The first-order chi connectivity index (χ1) is 17.5. The fraction of sp³-hybridized carbons (Fsp3) is 0.310. The van der Waals surface area contributed by atoms with E-state index in [0.717, 1.165) is 28.9 Å². The number of methoxy groups -OCH3 is 1. The molecule has 1 atom stereocenters. The summed E-state index contributed by atoms with van der Waals surface area (Å²) in [5, 5.41) is 3.57. The smallest absolute Gasteiger partial charge is 0.243 e. The van der Waals surface area contributed by atoms with Gasteiger partial charge in [0.05, 0.1) is 12.9 Å². The van der Waals surface area contributed by atoms with Crippen molar-refractivity contribution in [2.75, 3.05) is 19.4 Å². The molecular formula is C29H33ClN2O3S. The summed E-state index contributed by atoms with van der Waals surface area (Å²) in [7, 11) is 1.64. The summed E-state index contributed by atoms with van der Waals surface area (Å²) < 4.78 is 5.22. The molecule has 2 amide bonds. The summed E-state index contributed by atoms with van der Waals surface area (Å²) in [6, 6.07) is 24.4. The van der Waals surface area contributed by atoms with Crippen LogP contribution in [0.4, 0.5) is 0 Å². The zero-order valence-electron chi connectivity index (χ0n) is 20.8. The molecule has 0 aliphatic carbocycles. The molecule has 3 rings (SSSR count). The highest BCUT2D eigenvalue weighted by atomic mass is 35.5. The molecule has 0 radical (unpaired) electrons. The molecule has 0 aliphatic heterocycles. The highest BCUT2D eigenvalue weighted by Crippen LogP contribution is 2.22. The molecule has 3 aromatic carbocycles. The number of thioether (sulfide) groups is 1. The molecule has 0 saturated carbocycles. The normalized spacial score (nSPS) is 11.5. The zero-order valence-corrected chi connectivity index (χ0v) is 22.4. The third kappa shape index (κ3) is 8.32. The monoisotopic (exact) mass is 524 g/mol. The van der Waals surface area contributed by atoms with Crippen molar-refractivity contribution in [3.63, 3.8) is 0 Å². The van der Waals surface area contributed by atoms with Crippen LogP contribution in [-0.2, 0) is 28.3 Å². The highest BCUT2D eigenvalue weighted by Gasteiger charge is 2.30. The fourth-order valence-corrected chi connectivity index (χ4v) is 4.86. The second-order valence-corrected chi connectivity index (χ2v) is 9.84. The van der Waals surface area contributed by atoms with Gasteiger partial charge < -0.3 is 15.0 Å². The molecule has 0 fully saturated rings. The first kappa shape index (κ1) is 27.6. The van der Waals surface area contributed by atoms with Gasteiger partial charge in [0.25, 0.3) is 0 Å². The molecular weight excluding hydrogens is 492 g/mol. The van der Waals surface area contributed by atoms with Crippen LogP contribution in [0.15, 0.2) is 78.9 Å². The Labute approximate surface area is 223 Å². The zero-order chi connectivity index (χ0) is 25.8. The van der Waals surface area contributed by atoms with Crippen LogP contribution in [0.3, 0.4) is 0 Å².